The van der Waals surface area contributed by atoms with Gasteiger partial charge in [-0.3, -0.25) is 14.6 Å². The van der Waals surface area contributed by atoms with Crippen LogP contribution in [-0.2, 0) is 4.79 Å². The molecular weight excluding hydrogens is 334 g/mol. The minimum absolute atomic E-state index is 0.144. The number of benzene rings is 1. The molecule has 8 nitrogen and oxygen atoms in total. The molecule has 1 aromatic rings. The van der Waals surface area contributed by atoms with Crippen LogP contribution in [0.15, 0.2) is 53.8 Å². The van der Waals surface area contributed by atoms with Crippen LogP contribution in [0, 0.1) is 0 Å². The maximum absolute atomic E-state index is 12.9. The molecule has 2 unspecified atom stereocenters. The highest BCUT2D eigenvalue weighted by Crippen LogP contribution is 2.37. The van der Waals surface area contributed by atoms with Crippen LogP contribution in [0.2, 0.25) is 0 Å². The van der Waals surface area contributed by atoms with E-state index < -0.39 is 12.2 Å². The first kappa shape index (κ1) is 16.2. The van der Waals surface area contributed by atoms with Gasteiger partial charge in [0.15, 0.2) is 12.2 Å². The summed E-state index contributed by atoms with van der Waals surface area (Å²) in [4.78, 5) is 36.4. The highest BCUT2D eigenvalue weighted by atomic mass is 16.3. The van der Waals surface area contributed by atoms with Gasteiger partial charge in [-0.15, -0.1) is 6.58 Å². The molecule has 0 radical (unpaired) electrons. The van der Waals surface area contributed by atoms with Crippen LogP contribution in [0.3, 0.4) is 0 Å². The van der Waals surface area contributed by atoms with Gasteiger partial charge < -0.3 is 14.9 Å². The largest absolute Gasteiger partial charge is 0.508 e. The number of aromatic hydroxyl groups is 1. The second-order valence-corrected chi connectivity index (χ2v) is 6.45. The molecule has 1 aromatic carbocycles. The Bertz CT molecular complexity index is 877. The fourth-order valence-corrected chi connectivity index (χ4v) is 3.60. The zero-order valence-corrected chi connectivity index (χ0v) is 14.5. The summed E-state index contributed by atoms with van der Waals surface area (Å²) < 4.78 is 0. The van der Waals surface area contributed by atoms with Crippen molar-refractivity contribution in [3.8, 4) is 5.75 Å². The number of allylic oxidation sites excluding steroid dienone is 1. The molecule has 26 heavy (non-hydrogen) atoms. The summed E-state index contributed by atoms with van der Waals surface area (Å²) >= 11 is 0. The number of aliphatic imine (C=N–C) groups is 1. The van der Waals surface area contributed by atoms with Crippen LogP contribution >= 0.6 is 0 Å². The van der Waals surface area contributed by atoms with E-state index in [-0.39, 0.29) is 24.2 Å². The van der Waals surface area contributed by atoms with Crippen molar-refractivity contribution in [2.45, 2.75) is 19.1 Å². The van der Waals surface area contributed by atoms with Crippen molar-refractivity contribution in [3.63, 3.8) is 0 Å². The lowest BCUT2D eigenvalue weighted by atomic mass is 10.1. The van der Waals surface area contributed by atoms with E-state index in [1.165, 1.54) is 15.9 Å². The molecule has 2 atom stereocenters. The smallest absolute Gasteiger partial charge is 0.328 e. The number of phenolic OH excluding ortho intramolecular Hbond substituents is 1. The molecule has 1 fully saturated rings. The van der Waals surface area contributed by atoms with E-state index in [0.29, 0.717) is 5.96 Å². The Kier molecular flexibility index (Phi) is 3.50. The number of nitrogens with zero attached hydrogens (tertiary/aromatic N) is 5. The minimum Gasteiger partial charge on any atom is -0.508 e. The van der Waals surface area contributed by atoms with Crippen LogP contribution in [0.25, 0.3) is 0 Å². The summed E-state index contributed by atoms with van der Waals surface area (Å²) in [6.07, 6.45) is 2.79. The van der Waals surface area contributed by atoms with E-state index >= 15 is 0 Å². The molecule has 0 aliphatic carbocycles. The number of rotatable bonds is 3. The second kappa shape index (κ2) is 5.62. The summed E-state index contributed by atoms with van der Waals surface area (Å²) in [6, 6.07) is 5.83. The van der Waals surface area contributed by atoms with Crippen molar-refractivity contribution in [2.75, 3.05) is 18.5 Å². The number of carbonyl (C=O) groups excluding carboxylic acids is 2. The second-order valence-electron chi connectivity index (χ2n) is 6.45. The highest BCUT2D eigenvalue weighted by Gasteiger charge is 2.54. The summed E-state index contributed by atoms with van der Waals surface area (Å²) in [5.74, 6) is 0.417. The summed E-state index contributed by atoms with van der Waals surface area (Å²) in [7, 11) is 1.64. The Morgan fingerprint density at radius 3 is 2.81 bits per heavy atom. The van der Waals surface area contributed by atoms with Gasteiger partial charge in [0.25, 0.3) is 5.91 Å². The molecule has 3 aliphatic rings. The van der Waals surface area contributed by atoms with Gasteiger partial charge in [-0.1, -0.05) is 12.1 Å². The number of hydrogen-bond acceptors (Lipinski definition) is 6. The number of urea groups is 1. The van der Waals surface area contributed by atoms with Crippen LogP contribution in [0.4, 0.5) is 10.5 Å². The fraction of sp³-hybridized carbons (Fsp3) is 0.278. The SMILES string of the molecule is C=CCN1C(=O)C2C(N=C3N(c4cccc(O)c4)C(C)=CN32)N(C)C1=O. The first-order valence-corrected chi connectivity index (χ1v) is 8.27. The van der Waals surface area contributed by atoms with Crippen LogP contribution in [-0.4, -0.2) is 63.5 Å². The molecule has 8 heteroatoms. The van der Waals surface area contributed by atoms with Gasteiger partial charge >= 0.3 is 6.03 Å². The number of likely N-dealkylation sites (N-methyl/N-ethyl adjacent to an activating group) is 1. The fourth-order valence-electron chi connectivity index (χ4n) is 3.60. The van der Waals surface area contributed by atoms with E-state index in [2.05, 4.69) is 11.6 Å². The van der Waals surface area contributed by atoms with Crippen molar-refractivity contribution >= 4 is 23.6 Å². The average Bonchev–Trinajstić information content (AvgIpc) is 3.11. The number of phenols is 1. The first-order valence-electron chi connectivity index (χ1n) is 8.27. The summed E-state index contributed by atoms with van der Waals surface area (Å²) in [5, 5.41) is 9.80. The van der Waals surface area contributed by atoms with Crippen molar-refractivity contribution in [1.29, 1.82) is 0 Å². The first-order chi connectivity index (χ1) is 12.4. The maximum atomic E-state index is 12.9. The third-order valence-corrected chi connectivity index (χ3v) is 4.79. The third kappa shape index (κ3) is 2.11. The molecule has 0 saturated carbocycles. The molecule has 4 rings (SSSR count). The van der Waals surface area contributed by atoms with E-state index in [1.54, 1.807) is 30.1 Å². The van der Waals surface area contributed by atoms with Crippen LogP contribution in [0.5, 0.6) is 5.75 Å². The quantitative estimate of drug-likeness (QED) is 0.834. The Balaban J connectivity index is 1.74. The lowest BCUT2D eigenvalue weighted by Crippen LogP contribution is -2.64. The molecule has 0 aromatic heterocycles. The van der Waals surface area contributed by atoms with Crippen LogP contribution < -0.4 is 4.90 Å². The molecule has 0 bridgehead atoms. The van der Waals surface area contributed by atoms with E-state index in [4.69, 9.17) is 0 Å². The predicted octanol–water partition coefficient (Wildman–Crippen LogP) is 1.52. The lowest BCUT2D eigenvalue weighted by Gasteiger charge is -2.39. The number of anilines is 1. The molecule has 3 amide bonds. The van der Waals surface area contributed by atoms with Crippen molar-refractivity contribution < 1.29 is 14.7 Å². The number of amides is 3. The minimum atomic E-state index is -0.607. The Labute approximate surface area is 150 Å². The van der Waals surface area contributed by atoms with Gasteiger partial charge in [-0.05, 0) is 19.1 Å². The highest BCUT2D eigenvalue weighted by molar-refractivity contribution is 6.10. The summed E-state index contributed by atoms with van der Waals surface area (Å²) in [6.45, 7) is 5.69. The summed E-state index contributed by atoms with van der Waals surface area (Å²) in [5.41, 5.74) is 1.61. The van der Waals surface area contributed by atoms with Crippen molar-refractivity contribution in [2.24, 2.45) is 4.99 Å². The van der Waals surface area contributed by atoms with Crippen molar-refractivity contribution in [1.82, 2.24) is 14.7 Å². The number of hydrogen-bond donors (Lipinski definition) is 1. The molecule has 3 heterocycles. The zero-order chi connectivity index (χ0) is 18.6. The van der Waals surface area contributed by atoms with Gasteiger partial charge in [0.1, 0.15) is 5.75 Å². The maximum Gasteiger partial charge on any atom is 0.328 e. The average molecular weight is 353 g/mol. The Hall–Kier alpha value is -3.29. The van der Waals surface area contributed by atoms with Crippen LogP contribution in [0.1, 0.15) is 6.92 Å². The van der Waals surface area contributed by atoms with E-state index in [9.17, 15) is 14.7 Å². The van der Waals surface area contributed by atoms with Gasteiger partial charge in [0, 0.05) is 31.6 Å². The molecule has 1 saturated heterocycles. The monoisotopic (exact) mass is 353 g/mol. The number of imide groups is 1. The number of carbonyl (C=O) groups is 2. The van der Waals surface area contributed by atoms with Crippen molar-refractivity contribution in [3.05, 3.63) is 48.8 Å². The molecule has 3 aliphatic heterocycles. The number of fused-ring (bicyclic) bond motifs is 3. The van der Waals surface area contributed by atoms with E-state index in [1.807, 2.05) is 24.1 Å². The van der Waals surface area contributed by atoms with E-state index in [0.717, 1.165) is 11.4 Å². The lowest BCUT2D eigenvalue weighted by molar-refractivity contribution is -0.136. The molecule has 134 valence electrons. The number of guanidine groups is 1. The molecule has 1 N–H and O–H groups in total. The standard InChI is InChI=1S/C18H19N5O3/c1-4-8-21-16(25)14-15(20(3)18(21)26)19-17-22(14)10-11(2)23(17)12-6-5-7-13(24)9-12/h4-7,9-10,14-15,24H,1,8H2,2-3H3. The van der Waals surface area contributed by atoms with Gasteiger partial charge in [0.05, 0.1) is 5.69 Å². The Morgan fingerprint density at radius 2 is 2.12 bits per heavy atom. The zero-order valence-electron chi connectivity index (χ0n) is 14.5. The molecule has 0 spiro atoms. The normalized spacial score (nSPS) is 24.5. The van der Waals surface area contributed by atoms with Gasteiger partial charge in [0.2, 0.25) is 5.96 Å². The third-order valence-electron chi connectivity index (χ3n) is 4.79. The van der Waals surface area contributed by atoms with Gasteiger partial charge in [-0.25, -0.2) is 9.79 Å². The Morgan fingerprint density at radius 1 is 1.35 bits per heavy atom. The molecular formula is C18H19N5O3. The van der Waals surface area contributed by atoms with Gasteiger partial charge in [-0.2, -0.15) is 0 Å². The predicted molar refractivity (Wildman–Crippen MR) is 96.3 cm³/mol. The topological polar surface area (TPSA) is 79.7 Å².